The Labute approximate surface area is 184 Å². The molecule has 0 atom stereocenters. The number of carbonyl (C=O) groups excluding carboxylic acids is 2. The predicted octanol–water partition coefficient (Wildman–Crippen LogP) is 2.06. The van der Waals surface area contributed by atoms with Crippen LogP contribution in [-0.2, 0) is 9.59 Å². The van der Waals surface area contributed by atoms with Crippen molar-refractivity contribution in [2.75, 3.05) is 44.2 Å². The minimum Gasteiger partial charge on any atom is -0.361 e. The van der Waals surface area contributed by atoms with Crippen LogP contribution >= 0.6 is 0 Å². The first kappa shape index (κ1) is 20.3. The van der Waals surface area contributed by atoms with E-state index in [1.54, 1.807) is 0 Å². The second-order valence-electron chi connectivity index (χ2n) is 8.02. The molecule has 1 aromatic carbocycles. The molecular formula is C23H23FN6O2. The minimum absolute atomic E-state index is 0.0125. The number of para-hydroxylation sites is 1. The normalized spacial score (nSPS) is 17.7. The number of amides is 2. The van der Waals surface area contributed by atoms with E-state index in [1.807, 2.05) is 28.1 Å². The van der Waals surface area contributed by atoms with E-state index >= 15 is 0 Å². The van der Waals surface area contributed by atoms with E-state index in [4.69, 9.17) is 0 Å². The summed E-state index contributed by atoms with van der Waals surface area (Å²) >= 11 is 0. The first-order valence-corrected chi connectivity index (χ1v) is 10.6. The van der Waals surface area contributed by atoms with Crippen LogP contribution in [0, 0.1) is 5.82 Å². The zero-order valence-corrected chi connectivity index (χ0v) is 17.5. The molecular weight excluding hydrogens is 411 g/mol. The maximum absolute atomic E-state index is 13.0. The number of nitrogens with zero attached hydrogens (tertiary/aromatic N) is 5. The highest BCUT2D eigenvalue weighted by molar-refractivity contribution is 5.95. The lowest BCUT2D eigenvalue weighted by Gasteiger charge is -2.34. The highest BCUT2D eigenvalue weighted by atomic mass is 19.1. The number of piperazine rings is 1. The van der Waals surface area contributed by atoms with Crippen molar-refractivity contribution in [3.8, 4) is 0 Å². The molecule has 2 aliphatic heterocycles. The molecule has 0 saturated carbocycles. The fraction of sp³-hybridized carbons (Fsp3) is 0.304. The maximum Gasteiger partial charge on any atom is 0.243 e. The summed E-state index contributed by atoms with van der Waals surface area (Å²) in [6.07, 6.45) is 7.03. The van der Waals surface area contributed by atoms with Gasteiger partial charge in [0, 0.05) is 48.8 Å². The number of benzene rings is 1. The third-order valence-corrected chi connectivity index (χ3v) is 6.00. The number of hydrogen-bond acceptors (Lipinski definition) is 5. The van der Waals surface area contributed by atoms with Crippen LogP contribution in [0.2, 0.25) is 0 Å². The molecule has 32 heavy (non-hydrogen) atoms. The summed E-state index contributed by atoms with van der Waals surface area (Å²) in [6.45, 7) is 2.41. The van der Waals surface area contributed by atoms with Crippen LogP contribution in [0.1, 0.15) is 12.0 Å². The topological polar surface area (TPSA) is 85.4 Å². The number of H-pyrrole nitrogens is 1. The number of hydrogen-bond donors (Lipinski definition) is 1. The number of fused-ring (bicyclic) bond motifs is 1. The summed E-state index contributed by atoms with van der Waals surface area (Å²) in [5.41, 5.74) is 3.55. The van der Waals surface area contributed by atoms with Gasteiger partial charge < -0.3 is 9.88 Å². The molecule has 0 aliphatic carbocycles. The molecule has 2 aromatic heterocycles. The van der Waals surface area contributed by atoms with E-state index in [-0.39, 0.29) is 30.9 Å². The molecule has 0 radical (unpaired) electrons. The van der Waals surface area contributed by atoms with Crippen LogP contribution in [-0.4, -0.2) is 75.8 Å². The van der Waals surface area contributed by atoms with Crippen molar-refractivity contribution >= 4 is 34.2 Å². The second kappa shape index (κ2) is 8.51. The van der Waals surface area contributed by atoms with E-state index in [0.717, 1.165) is 24.3 Å². The average Bonchev–Trinajstić information content (AvgIpc) is 3.24. The van der Waals surface area contributed by atoms with Crippen molar-refractivity contribution in [2.45, 2.75) is 6.42 Å². The Hall–Kier alpha value is -3.59. The summed E-state index contributed by atoms with van der Waals surface area (Å²) in [4.78, 5) is 41.5. The Balaban J connectivity index is 1.18. The third-order valence-electron chi connectivity index (χ3n) is 6.00. The van der Waals surface area contributed by atoms with Gasteiger partial charge in [0.05, 0.1) is 25.5 Å². The smallest absolute Gasteiger partial charge is 0.243 e. The van der Waals surface area contributed by atoms with Gasteiger partial charge in [-0.1, -0.05) is 24.3 Å². The van der Waals surface area contributed by atoms with Gasteiger partial charge in [-0.3, -0.25) is 19.4 Å². The zero-order valence-electron chi connectivity index (χ0n) is 17.5. The van der Waals surface area contributed by atoms with Gasteiger partial charge >= 0.3 is 0 Å². The molecule has 2 aliphatic rings. The van der Waals surface area contributed by atoms with Crippen molar-refractivity contribution in [1.29, 1.82) is 0 Å². The van der Waals surface area contributed by atoms with Crippen molar-refractivity contribution in [3.05, 3.63) is 60.3 Å². The molecule has 164 valence electrons. The molecule has 2 amide bonds. The Kier molecular flexibility index (Phi) is 5.40. The van der Waals surface area contributed by atoms with E-state index in [9.17, 15) is 14.0 Å². The van der Waals surface area contributed by atoms with Gasteiger partial charge in [0.15, 0.2) is 5.82 Å². The van der Waals surface area contributed by atoms with Gasteiger partial charge in [-0.2, -0.15) is 0 Å². The Morgan fingerprint density at radius 2 is 1.94 bits per heavy atom. The number of nitrogens with one attached hydrogen (secondary N) is 1. The first-order chi connectivity index (χ1) is 15.6. The number of aromatic amines is 1. The molecule has 5 rings (SSSR count). The summed E-state index contributed by atoms with van der Waals surface area (Å²) in [5.74, 6) is -0.545. The molecule has 1 saturated heterocycles. The molecule has 0 unspecified atom stereocenters. The van der Waals surface area contributed by atoms with Crippen molar-refractivity contribution in [2.24, 2.45) is 0 Å². The maximum atomic E-state index is 13.0. The molecule has 4 heterocycles. The molecule has 1 N–H and O–H groups in total. The SMILES string of the molecule is O=C(CN1CCN(c2ncc(F)cn2)C(=O)C1)N1CC=C(c2c[nH]c3ccccc23)CC1. The van der Waals surface area contributed by atoms with Crippen molar-refractivity contribution < 1.29 is 14.0 Å². The van der Waals surface area contributed by atoms with E-state index < -0.39 is 5.82 Å². The average molecular weight is 434 g/mol. The Morgan fingerprint density at radius 1 is 1.12 bits per heavy atom. The van der Waals surface area contributed by atoms with Crippen LogP contribution in [0.15, 0.2) is 48.9 Å². The largest absolute Gasteiger partial charge is 0.361 e. The highest BCUT2D eigenvalue weighted by Crippen LogP contribution is 2.29. The van der Waals surface area contributed by atoms with Gasteiger partial charge in [0.2, 0.25) is 17.8 Å². The summed E-state index contributed by atoms with van der Waals surface area (Å²) in [7, 11) is 0. The Bertz CT molecular complexity index is 1190. The summed E-state index contributed by atoms with van der Waals surface area (Å²) in [5, 5.41) is 1.19. The fourth-order valence-electron chi connectivity index (χ4n) is 4.28. The number of anilines is 1. The molecule has 8 nitrogen and oxygen atoms in total. The second-order valence-corrected chi connectivity index (χ2v) is 8.02. The summed E-state index contributed by atoms with van der Waals surface area (Å²) in [6, 6.07) is 8.20. The number of halogens is 1. The van der Waals surface area contributed by atoms with Gasteiger partial charge in [0.25, 0.3) is 0 Å². The first-order valence-electron chi connectivity index (χ1n) is 10.6. The van der Waals surface area contributed by atoms with Gasteiger partial charge in [-0.05, 0) is 18.1 Å². The van der Waals surface area contributed by atoms with Crippen LogP contribution < -0.4 is 4.90 Å². The van der Waals surface area contributed by atoms with Gasteiger partial charge in [-0.15, -0.1) is 0 Å². The van der Waals surface area contributed by atoms with Crippen LogP contribution in [0.4, 0.5) is 10.3 Å². The predicted molar refractivity (Wildman–Crippen MR) is 118 cm³/mol. The molecule has 1 fully saturated rings. The van der Waals surface area contributed by atoms with Crippen LogP contribution in [0.5, 0.6) is 0 Å². The molecule has 9 heteroatoms. The van der Waals surface area contributed by atoms with Gasteiger partial charge in [-0.25, -0.2) is 14.4 Å². The Morgan fingerprint density at radius 3 is 2.69 bits per heavy atom. The van der Waals surface area contributed by atoms with Crippen LogP contribution in [0.3, 0.4) is 0 Å². The number of rotatable bonds is 4. The van der Waals surface area contributed by atoms with E-state index in [0.29, 0.717) is 26.2 Å². The minimum atomic E-state index is -0.547. The van der Waals surface area contributed by atoms with E-state index in [2.05, 4.69) is 33.2 Å². The standard InChI is InChI=1S/C23H23FN6O2/c24-17-11-26-23(27-12-17)30-10-9-28(15-22(30)32)14-21(31)29-7-5-16(6-8-29)19-13-25-20-4-2-1-3-18(19)20/h1-5,11-13,25H,6-10,14-15H2. The van der Waals surface area contributed by atoms with Crippen molar-refractivity contribution in [3.63, 3.8) is 0 Å². The van der Waals surface area contributed by atoms with Gasteiger partial charge in [0.1, 0.15) is 0 Å². The number of aromatic nitrogens is 3. The summed E-state index contributed by atoms with van der Waals surface area (Å²) < 4.78 is 13.0. The lowest BCUT2D eigenvalue weighted by molar-refractivity contribution is -0.133. The van der Waals surface area contributed by atoms with Crippen molar-refractivity contribution in [1.82, 2.24) is 24.8 Å². The molecule has 3 aromatic rings. The third kappa shape index (κ3) is 3.99. The van der Waals surface area contributed by atoms with Crippen LogP contribution in [0.25, 0.3) is 16.5 Å². The zero-order chi connectivity index (χ0) is 22.1. The fourth-order valence-corrected chi connectivity index (χ4v) is 4.28. The van der Waals surface area contributed by atoms with E-state index in [1.165, 1.54) is 21.4 Å². The monoisotopic (exact) mass is 434 g/mol. The number of carbonyl (C=O) groups is 2. The quantitative estimate of drug-likeness (QED) is 0.680. The highest BCUT2D eigenvalue weighted by Gasteiger charge is 2.29. The molecule has 0 spiro atoms. The lowest BCUT2D eigenvalue weighted by atomic mass is 9.99. The lowest BCUT2D eigenvalue weighted by Crippen LogP contribution is -2.53. The molecule has 0 bridgehead atoms.